The van der Waals surface area contributed by atoms with E-state index in [1.54, 1.807) is 0 Å². The predicted molar refractivity (Wildman–Crippen MR) is 168 cm³/mol. The molecule has 0 radical (unpaired) electrons. The highest BCUT2D eigenvalue weighted by Gasteiger charge is 2.01. The Hall–Kier alpha value is -3.22. The minimum Gasteiger partial charge on any atom is -0.494 e. The van der Waals surface area contributed by atoms with Crippen LogP contribution in [-0.2, 0) is 28.5 Å². The van der Waals surface area contributed by atoms with Crippen molar-refractivity contribution in [2.24, 2.45) is 0 Å². The molecule has 2 aromatic rings. The fourth-order valence-corrected chi connectivity index (χ4v) is 4.24. The van der Waals surface area contributed by atoms with Crippen LogP contribution >= 0.6 is 0 Å². The molecular formula is C35H49NO7. The van der Waals surface area contributed by atoms with Gasteiger partial charge in [0.25, 0.3) is 0 Å². The second-order valence-corrected chi connectivity index (χ2v) is 10.1. The Bertz CT molecular complexity index is 1020. The quantitative estimate of drug-likeness (QED) is 0.0625. The zero-order chi connectivity index (χ0) is 30.6. The molecule has 0 fully saturated rings. The summed E-state index contributed by atoms with van der Waals surface area (Å²) in [4.78, 5) is 10.9. The smallest absolute Gasteiger partial charge is 0.330 e. The molecule has 0 spiro atoms. The van der Waals surface area contributed by atoms with Gasteiger partial charge in [0.05, 0.1) is 64.5 Å². The lowest BCUT2D eigenvalue weighted by molar-refractivity contribution is -0.139. The summed E-state index contributed by atoms with van der Waals surface area (Å²) >= 11 is 0. The maximum absolute atomic E-state index is 10.9. The van der Waals surface area contributed by atoms with Crippen LogP contribution in [0.2, 0.25) is 0 Å². The van der Waals surface area contributed by atoms with E-state index in [0.717, 1.165) is 49.0 Å². The Kier molecular flexibility index (Phi) is 21.2. The molecule has 8 heteroatoms. The lowest BCUT2D eigenvalue weighted by Gasteiger charge is -2.08. The normalized spacial score (nSPS) is 10.8. The summed E-state index contributed by atoms with van der Waals surface area (Å²) in [5.74, 6) is 0.459. The number of benzene rings is 2. The van der Waals surface area contributed by atoms with Crippen molar-refractivity contribution < 1.29 is 33.2 Å². The standard InChI is InChI=1S/C35H49NO7/c1-2-35(37)43-29-28-41-27-26-40-25-24-39-23-22-38-20-10-8-6-4-3-5-7-9-11-21-42-34-18-16-33(17-19-34)32-14-12-31(30-36)13-15-32/h2,12-19H,1,3-11,20-29H2. The van der Waals surface area contributed by atoms with Crippen molar-refractivity contribution in [3.8, 4) is 22.9 Å². The highest BCUT2D eigenvalue weighted by atomic mass is 16.6. The lowest BCUT2D eigenvalue weighted by atomic mass is 10.0. The number of hydrogen-bond donors (Lipinski definition) is 0. The van der Waals surface area contributed by atoms with Crippen molar-refractivity contribution in [1.82, 2.24) is 0 Å². The van der Waals surface area contributed by atoms with Gasteiger partial charge in [0, 0.05) is 12.7 Å². The van der Waals surface area contributed by atoms with Crippen LogP contribution in [0, 0.1) is 11.3 Å². The zero-order valence-electron chi connectivity index (χ0n) is 25.6. The van der Waals surface area contributed by atoms with Gasteiger partial charge in [-0.3, -0.25) is 0 Å². The number of esters is 1. The van der Waals surface area contributed by atoms with Gasteiger partial charge in [0.2, 0.25) is 0 Å². The van der Waals surface area contributed by atoms with Crippen LogP contribution in [0.1, 0.15) is 63.4 Å². The van der Waals surface area contributed by atoms with Gasteiger partial charge in [0.15, 0.2) is 0 Å². The summed E-state index contributed by atoms with van der Waals surface area (Å²) in [5, 5.41) is 8.93. The van der Waals surface area contributed by atoms with E-state index in [-0.39, 0.29) is 6.61 Å². The number of nitriles is 1. The number of nitrogens with zero attached hydrogens (tertiary/aromatic N) is 1. The van der Waals surface area contributed by atoms with E-state index in [0.29, 0.717) is 51.8 Å². The van der Waals surface area contributed by atoms with Gasteiger partial charge in [-0.2, -0.15) is 5.26 Å². The summed E-state index contributed by atoms with van der Waals surface area (Å²) < 4.78 is 32.5. The van der Waals surface area contributed by atoms with Crippen LogP contribution in [0.4, 0.5) is 0 Å². The van der Waals surface area contributed by atoms with Gasteiger partial charge in [-0.05, 0) is 48.2 Å². The molecule has 2 aromatic carbocycles. The molecular weight excluding hydrogens is 546 g/mol. The first-order chi connectivity index (χ1) is 21.2. The van der Waals surface area contributed by atoms with Gasteiger partial charge in [-0.25, -0.2) is 4.79 Å². The second-order valence-electron chi connectivity index (χ2n) is 10.1. The third-order valence-electron chi connectivity index (χ3n) is 6.66. The summed E-state index contributed by atoms with van der Waals surface area (Å²) in [7, 11) is 0. The van der Waals surface area contributed by atoms with Gasteiger partial charge in [0.1, 0.15) is 12.4 Å². The monoisotopic (exact) mass is 595 g/mol. The second kappa shape index (κ2) is 25.3. The summed E-state index contributed by atoms with van der Waals surface area (Å²) in [6, 6.07) is 17.9. The van der Waals surface area contributed by atoms with E-state index >= 15 is 0 Å². The van der Waals surface area contributed by atoms with E-state index < -0.39 is 5.97 Å². The van der Waals surface area contributed by atoms with Gasteiger partial charge < -0.3 is 28.4 Å². The van der Waals surface area contributed by atoms with E-state index in [4.69, 9.17) is 33.7 Å². The molecule has 0 unspecified atom stereocenters. The minimum atomic E-state index is -0.445. The number of unbranched alkanes of at least 4 members (excludes halogenated alkanes) is 8. The number of carbonyl (C=O) groups is 1. The third kappa shape index (κ3) is 18.8. The topological polar surface area (TPSA) is 96.2 Å². The van der Waals surface area contributed by atoms with E-state index in [1.165, 1.54) is 44.9 Å². The van der Waals surface area contributed by atoms with Crippen molar-refractivity contribution in [3.63, 3.8) is 0 Å². The van der Waals surface area contributed by atoms with Crippen LogP contribution in [0.25, 0.3) is 11.1 Å². The van der Waals surface area contributed by atoms with Crippen molar-refractivity contribution in [3.05, 3.63) is 66.7 Å². The first-order valence-electron chi connectivity index (χ1n) is 15.6. The van der Waals surface area contributed by atoms with Crippen LogP contribution in [-0.4, -0.2) is 72.0 Å². The minimum absolute atomic E-state index is 0.216. The predicted octanol–water partition coefficient (Wildman–Crippen LogP) is 6.91. The van der Waals surface area contributed by atoms with Crippen LogP contribution < -0.4 is 4.74 Å². The third-order valence-corrected chi connectivity index (χ3v) is 6.66. The SMILES string of the molecule is C=CC(=O)OCCOCCOCCOCCOCCCCCCCCCCCOc1ccc(-c2ccc(C#N)cc2)cc1. The molecule has 0 aliphatic rings. The zero-order valence-corrected chi connectivity index (χ0v) is 25.6. The molecule has 0 aromatic heterocycles. The maximum Gasteiger partial charge on any atom is 0.330 e. The molecule has 0 saturated carbocycles. The number of rotatable bonds is 27. The molecule has 43 heavy (non-hydrogen) atoms. The lowest BCUT2D eigenvalue weighted by Crippen LogP contribution is -2.14. The van der Waals surface area contributed by atoms with Gasteiger partial charge in [-0.1, -0.05) is 75.8 Å². The highest BCUT2D eigenvalue weighted by Crippen LogP contribution is 2.23. The first kappa shape index (κ1) is 36.0. The Morgan fingerprint density at radius 1 is 0.581 bits per heavy atom. The fourth-order valence-electron chi connectivity index (χ4n) is 4.24. The van der Waals surface area contributed by atoms with Gasteiger partial charge in [-0.15, -0.1) is 0 Å². The van der Waals surface area contributed by atoms with Crippen molar-refractivity contribution in [1.29, 1.82) is 5.26 Å². The molecule has 0 saturated heterocycles. The molecule has 0 amide bonds. The molecule has 0 aliphatic carbocycles. The van der Waals surface area contributed by atoms with Gasteiger partial charge >= 0.3 is 5.97 Å². The van der Waals surface area contributed by atoms with E-state index in [1.807, 2.05) is 36.4 Å². The summed E-state index contributed by atoms with van der Waals surface area (Å²) in [6.45, 7) is 8.58. The number of hydrogen-bond acceptors (Lipinski definition) is 8. The maximum atomic E-state index is 10.9. The first-order valence-corrected chi connectivity index (χ1v) is 15.6. The van der Waals surface area contributed by atoms with Crippen LogP contribution in [0.5, 0.6) is 5.75 Å². The Morgan fingerprint density at radius 3 is 1.49 bits per heavy atom. The van der Waals surface area contributed by atoms with Crippen LogP contribution in [0.15, 0.2) is 61.2 Å². The molecule has 0 bridgehead atoms. The summed E-state index contributed by atoms with van der Waals surface area (Å²) in [5.41, 5.74) is 2.89. The van der Waals surface area contributed by atoms with Crippen molar-refractivity contribution in [2.45, 2.75) is 57.8 Å². The largest absolute Gasteiger partial charge is 0.494 e. The summed E-state index contributed by atoms with van der Waals surface area (Å²) in [6.07, 6.45) is 12.1. The Morgan fingerprint density at radius 2 is 1.00 bits per heavy atom. The Labute approximate surface area is 257 Å². The molecule has 0 N–H and O–H groups in total. The number of carbonyl (C=O) groups excluding carboxylic acids is 1. The van der Waals surface area contributed by atoms with Crippen molar-refractivity contribution >= 4 is 5.97 Å². The average Bonchev–Trinajstić information content (AvgIpc) is 3.05. The molecule has 0 atom stereocenters. The van der Waals surface area contributed by atoms with Crippen LogP contribution in [0.3, 0.4) is 0 Å². The molecule has 0 heterocycles. The van der Waals surface area contributed by atoms with Crippen molar-refractivity contribution in [2.75, 3.05) is 66.1 Å². The average molecular weight is 596 g/mol. The highest BCUT2D eigenvalue weighted by molar-refractivity contribution is 5.81. The molecule has 236 valence electrons. The number of ether oxygens (including phenoxy) is 6. The molecule has 0 aliphatic heterocycles. The molecule has 2 rings (SSSR count). The Balaban J connectivity index is 1.26. The van der Waals surface area contributed by atoms with E-state index in [9.17, 15) is 4.79 Å². The fraction of sp³-hybridized carbons (Fsp3) is 0.543. The van der Waals surface area contributed by atoms with E-state index in [2.05, 4.69) is 24.8 Å². The molecule has 8 nitrogen and oxygen atoms in total.